The number of methoxy groups -OCH3 is 1. The predicted octanol–water partition coefficient (Wildman–Crippen LogP) is 3.98. The van der Waals surface area contributed by atoms with E-state index in [9.17, 15) is 0 Å². The molecule has 1 heterocycles. The first-order valence-corrected chi connectivity index (χ1v) is 7.00. The Balaban J connectivity index is 2.33. The van der Waals surface area contributed by atoms with Crippen molar-refractivity contribution in [2.75, 3.05) is 12.8 Å². The fraction of sp³-hybridized carbons (Fsp3) is 0.154. The van der Waals surface area contributed by atoms with E-state index in [-0.39, 0.29) is 0 Å². The monoisotopic (exact) mass is 324 g/mol. The van der Waals surface area contributed by atoms with Crippen LogP contribution >= 0.6 is 27.3 Å². The van der Waals surface area contributed by atoms with Gasteiger partial charge in [0.15, 0.2) is 5.13 Å². The zero-order chi connectivity index (χ0) is 13.1. The second-order valence-corrected chi connectivity index (χ2v) is 5.53. The molecule has 1 aromatic heterocycles. The third-order valence-corrected chi connectivity index (χ3v) is 4.03. The molecule has 0 radical (unpaired) electrons. The largest absolute Gasteiger partial charge is 0.496 e. The SMILES string of the molecule is COc1cc(C)c(Br)cc1C=Cc1csc(N)n1. The van der Waals surface area contributed by atoms with Gasteiger partial charge in [-0.25, -0.2) is 4.98 Å². The molecule has 2 aromatic rings. The number of hydrogen-bond acceptors (Lipinski definition) is 4. The Hall–Kier alpha value is -1.33. The van der Waals surface area contributed by atoms with Crippen molar-refractivity contribution in [1.29, 1.82) is 0 Å². The minimum absolute atomic E-state index is 0.576. The molecular formula is C13H13BrN2OS. The van der Waals surface area contributed by atoms with Gasteiger partial charge in [-0.15, -0.1) is 11.3 Å². The van der Waals surface area contributed by atoms with Gasteiger partial charge in [-0.2, -0.15) is 0 Å². The van der Waals surface area contributed by atoms with Gasteiger partial charge in [-0.05, 0) is 36.8 Å². The van der Waals surface area contributed by atoms with E-state index in [1.807, 2.05) is 36.6 Å². The Kier molecular flexibility index (Phi) is 4.04. The zero-order valence-corrected chi connectivity index (χ0v) is 12.5. The van der Waals surface area contributed by atoms with Crippen LogP contribution in [-0.4, -0.2) is 12.1 Å². The molecule has 0 amide bonds. The van der Waals surface area contributed by atoms with Crippen LogP contribution in [0, 0.1) is 6.92 Å². The van der Waals surface area contributed by atoms with Gasteiger partial charge in [-0.1, -0.05) is 15.9 Å². The summed E-state index contributed by atoms with van der Waals surface area (Å²) in [6.07, 6.45) is 3.89. The van der Waals surface area contributed by atoms with Crippen LogP contribution in [0.2, 0.25) is 0 Å². The first kappa shape index (κ1) is 13.1. The van der Waals surface area contributed by atoms with E-state index in [0.29, 0.717) is 5.13 Å². The van der Waals surface area contributed by atoms with Crippen molar-refractivity contribution in [3.8, 4) is 5.75 Å². The van der Waals surface area contributed by atoms with Crippen molar-refractivity contribution in [3.63, 3.8) is 0 Å². The Morgan fingerprint density at radius 1 is 1.39 bits per heavy atom. The molecule has 0 saturated carbocycles. The number of aryl methyl sites for hydroxylation is 1. The van der Waals surface area contributed by atoms with Crippen molar-refractivity contribution < 1.29 is 4.74 Å². The molecule has 18 heavy (non-hydrogen) atoms. The summed E-state index contributed by atoms with van der Waals surface area (Å²) in [5.41, 5.74) is 8.59. The molecule has 0 saturated heterocycles. The molecule has 0 spiro atoms. The highest BCUT2D eigenvalue weighted by Gasteiger charge is 2.04. The fourth-order valence-corrected chi connectivity index (χ4v) is 2.42. The van der Waals surface area contributed by atoms with Crippen LogP contribution in [0.3, 0.4) is 0 Å². The minimum atomic E-state index is 0.576. The summed E-state index contributed by atoms with van der Waals surface area (Å²) >= 11 is 4.95. The Morgan fingerprint density at radius 3 is 2.78 bits per heavy atom. The molecule has 2 N–H and O–H groups in total. The van der Waals surface area contributed by atoms with E-state index < -0.39 is 0 Å². The first-order chi connectivity index (χ1) is 8.60. The van der Waals surface area contributed by atoms with Crippen molar-refractivity contribution in [3.05, 3.63) is 38.8 Å². The lowest BCUT2D eigenvalue weighted by molar-refractivity contribution is 0.413. The topological polar surface area (TPSA) is 48.1 Å². The van der Waals surface area contributed by atoms with Crippen molar-refractivity contribution in [2.45, 2.75) is 6.92 Å². The molecule has 2 rings (SSSR count). The molecule has 5 heteroatoms. The molecule has 0 aliphatic carbocycles. The summed E-state index contributed by atoms with van der Waals surface area (Å²) in [4.78, 5) is 4.18. The van der Waals surface area contributed by atoms with Gasteiger partial charge in [0, 0.05) is 15.4 Å². The van der Waals surface area contributed by atoms with Gasteiger partial charge in [0.1, 0.15) is 5.75 Å². The Bertz CT molecular complexity index is 593. The lowest BCUT2D eigenvalue weighted by Crippen LogP contribution is -1.89. The summed E-state index contributed by atoms with van der Waals surface area (Å²) < 4.78 is 6.42. The van der Waals surface area contributed by atoms with Gasteiger partial charge in [-0.3, -0.25) is 0 Å². The molecule has 0 aliphatic rings. The number of rotatable bonds is 3. The average Bonchev–Trinajstić information content (AvgIpc) is 2.76. The van der Waals surface area contributed by atoms with E-state index in [0.717, 1.165) is 27.0 Å². The molecular weight excluding hydrogens is 312 g/mol. The maximum absolute atomic E-state index is 5.59. The molecule has 0 unspecified atom stereocenters. The van der Waals surface area contributed by atoms with Crippen LogP contribution in [0.15, 0.2) is 22.0 Å². The zero-order valence-electron chi connectivity index (χ0n) is 10.1. The van der Waals surface area contributed by atoms with Crippen LogP contribution < -0.4 is 10.5 Å². The second kappa shape index (κ2) is 5.54. The summed E-state index contributed by atoms with van der Waals surface area (Å²) in [5, 5.41) is 2.49. The number of aromatic nitrogens is 1. The average molecular weight is 325 g/mol. The number of anilines is 1. The lowest BCUT2D eigenvalue weighted by Gasteiger charge is -2.07. The van der Waals surface area contributed by atoms with Crippen LogP contribution in [0.5, 0.6) is 5.75 Å². The van der Waals surface area contributed by atoms with E-state index >= 15 is 0 Å². The minimum Gasteiger partial charge on any atom is -0.496 e. The fourth-order valence-electron chi connectivity index (χ4n) is 1.53. The van der Waals surface area contributed by atoms with Crippen LogP contribution in [-0.2, 0) is 0 Å². The number of nitrogen functional groups attached to an aromatic ring is 1. The van der Waals surface area contributed by atoms with Crippen molar-refractivity contribution in [1.82, 2.24) is 4.98 Å². The van der Waals surface area contributed by atoms with E-state index in [1.54, 1.807) is 7.11 Å². The van der Waals surface area contributed by atoms with Gasteiger partial charge in [0.2, 0.25) is 0 Å². The molecule has 94 valence electrons. The molecule has 0 fully saturated rings. The molecule has 0 aliphatic heterocycles. The quantitative estimate of drug-likeness (QED) is 0.929. The predicted molar refractivity (Wildman–Crippen MR) is 80.9 cm³/mol. The summed E-state index contributed by atoms with van der Waals surface area (Å²) in [6, 6.07) is 4.03. The summed E-state index contributed by atoms with van der Waals surface area (Å²) in [6.45, 7) is 2.03. The van der Waals surface area contributed by atoms with Gasteiger partial charge < -0.3 is 10.5 Å². The van der Waals surface area contributed by atoms with Crippen LogP contribution in [0.25, 0.3) is 12.2 Å². The summed E-state index contributed by atoms with van der Waals surface area (Å²) in [7, 11) is 1.67. The highest BCUT2D eigenvalue weighted by atomic mass is 79.9. The van der Waals surface area contributed by atoms with Gasteiger partial charge >= 0.3 is 0 Å². The maximum Gasteiger partial charge on any atom is 0.180 e. The first-order valence-electron chi connectivity index (χ1n) is 5.33. The summed E-state index contributed by atoms with van der Waals surface area (Å²) in [5.74, 6) is 0.843. The Labute approximate surface area is 118 Å². The van der Waals surface area contributed by atoms with E-state index in [1.165, 1.54) is 11.3 Å². The smallest absolute Gasteiger partial charge is 0.180 e. The number of ether oxygens (including phenoxy) is 1. The van der Waals surface area contributed by atoms with Gasteiger partial charge in [0.25, 0.3) is 0 Å². The normalized spacial score (nSPS) is 11.1. The van der Waals surface area contributed by atoms with Crippen LogP contribution in [0.4, 0.5) is 5.13 Å². The van der Waals surface area contributed by atoms with Gasteiger partial charge in [0.05, 0.1) is 12.8 Å². The van der Waals surface area contributed by atoms with Crippen molar-refractivity contribution >= 4 is 44.6 Å². The third-order valence-electron chi connectivity index (χ3n) is 2.48. The molecule has 0 atom stereocenters. The molecule has 1 aromatic carbocycles. The molecule has 0 bridgehead atoms. The third kappa shape index (κ3) is 2.91. The van der Waals surface area contributed by atoms with Crippen molar-refractivity contribution in [2.24, 2.45) is 0 Å². The molecule has 3 nitrogen and oxygen atoms in total. The number of nitrogens with two attached hydrogens (primary N) is 1. The number of thiazole rings is 1. The van der Waals surface area contributed by atoms with E-state index in [4.69, 9.17) is 10.5 Å². The highest BCUT2D eigenvalue weighted by molar-refractivity contribution is 9.10. The number of halogens is 1. The maximum atomic E-state index is 5.59. The second-order valence-electron chi connectivity index (χ2n) is 3.79. The highest BCUT2D eigenvalue weighted by Crippen LogP contribution is 2.28. The standard InChI is InChI=1S/C13H13BrN2OS/c1-8-5-12(17-2)9(6-11(8)14)3-4-10-7-18-13(15)16-10/h3-7H,1-2H3,(H2,15,16). The van der Waals surface area contributed by atoms with E-state index in [2.05, 4.69) is 20.9 Å². The number of hydrogen-bond donors (Lipinski definition) is 1. The number of nitrogens with zero attached hydrogens (tertiary/aromatic N) is 1. The number of benzene rings is 1. The Morgan fingerprint density at radius 2 is 2.17 bits per heavy atom. The lowest BCUT2D eigenvalue weighted by atomic mass is 10.1. The van der Waals surface area contributed by atoms with Crippen LogP contribution in [0.1, 0.15) is 16.8 Å².